The van der Waals surface area contributed by atoms with E-state index in [0.717, 1.165) is 11.6 Å². The predicted molar refractivity (Wildman–Crippen MR) is 99.1 cm³/mol. The number of benzene rings is 2. The van der Waals surface area contributed by atoms with Crippen molar-refractivity contribution in [2.24, 2.45) is 0 Å². The number of amides is 2. The zero-order valence-electron chi connectivity index (χ0n) is 15.1. The van der Waals surface area contributed by atoms with Gasteiger partial charge < -0.3 is 4.74 Å². The zero-order chi connectivity index (χ0) is 20.5. The van der Waals surface area contributed by atoms with Gasteiger partial charge in [-0.2, -0.15) is 0 Å². The average Bonchev–Trinajstić information content (AvgIpc) is 2.71. The lowest BCUT2D eigenvalue weighted by molar-refractivity contribution is -0.384. The monoisotopic (exact) mass is 385 g/mol. The maximum atomic E-state index is 11.9. The molecule has 0 heterocycles. The van der Waals surface area contributed by atoms with Crippen LogP contribution in [0.3, 0.4) is 0 Å². The maximum Gasteiger partial charge on any atom is 0.306 e. The fraction of sp³-hybridized carbons (Fsp3) is 0.211. The van der Waals surface area contributed by atoms with Crippen LogP contribution in [-0.2, 0) is 14.3 Å². The Hall–Kier alpha value is -3.75. The number of non-ortho nitro benzene ring substituents is 1. The number of ether oxygens (including phenoxy) is 1. The lowest BCUT2D eigenvalue weighted by Crippen LogP contribution is -2.43. The van der Waals surface area contributed by atoms with Crippen LogP contribution in [0, 0.1) is 10.1 Å². The molecule has 0 spiro atoms. The molecule has 0 radical (unpaired) electrons. The molecule has 0 aliphatic carbocycles. The highest BCUT2D eigenvalue weighted by Gasteiger charge is 2.15. The number of nitro groups is 1. The lowest BCUT2D eigenvalue weighted by atomic mass is 9.98. The van der Waals surface area contributed by atoms with E-state index in [-0.39, 0.29) is 23.6 Å². The highest BCUT2D eigenvalue weighted by atomic mass is 16.6. The molecule has 1 atom stereocenters. The number of hydrogen-bond acceptors (Lipinski definition) is 6. The third-order valence-corrected chi connectivity index (χ3v) is 3.84. The minimum Gasteiger partial charge on any atom is -0.455 e. The summed E-state index contributed by atoms with van der Waals surface area (Å²) in [4.78, 5) is 45.5. The Balaban J connectivity index is 1.75. The van der Waals surface area contributed by atoms with Gasteiger partial charge in [-0.15, -0.1) is 0 Å². The first-order valence-electron chi connectivity index (χ1n) is 8.41. The van der Waals surface area contributed by atoms with E-state index in [1.807, 2.05) is 37.3 Å². The summed E-state index contributed by atoms with van der Waals surface area (Å²) in [6.07, 6.45) is 0.108. The summed E-state index contributed by atoms with van der Waals surface area (Å²) in [5.74, 6) is -2.08. The van der Waals surface area contributed by atoms with E-state index in [9.17, 15) is 24.5 Å². The van der Waals surface area contributed by atoms with Gasteiger partial charge in [-0.05, 0) is 17.5 Å². The fourth-order valence-corrected chi connectivity index (χ4v) is 2.35. The molecule has 2 rings (SSSR count). The molecule has 0 bridgehead atoms. The number of hydrazine groups is 1. The second kappa shape index (κ2) is 9.81. The summed E-state index contributed by atoms with van der Waals surface area (Å²) >= 11 is 0. The van der Waals surface area contributed by atoms with E-state index in [0.29, 0.717) is 0 Å². The lowest BCUT2D eigenvalue weighted by Gasteiger charge is -2.12. The smallest absolute Gasteiger partial charge is 0.306 e. The number of esters is 1. The number of rotatable bonds is 7. The van der Waals surface area contributed by atoms with Crippen molar-refractivity contribution < 1.29 is 24.0 Å². The van der Waals surface area contributed by atoms with Crippen LogP contribution in [0.5, 0.6) is 0 Å². The van der Waals surface area contributed by atoms with Crippen LogP contribution < -0.4 is 10.9 Å². The molecule has 28 heavy (non-hydrogen) atoms. The number of carbonyl (C=O) groups is 3. The van der Waals surface area contributed by atoms with Crippen molar-refractivity contribution in [3.8, 4) is 0 Å². The van der Waals surface area contributed by atoms with Crippen LogP contribution in [0.25, 0.3) is 0 Å². The van der Waals surface area contributed by atoms with Gasteiger partial charge in [0.25, 0.3) is 17.5 Å². The minimum atomic E-state index is -0.737. The molecule has 2 N–H and O–H groups in total. The summed E-state index contributed by atoms with van der Waals surface area (Å²) in [7, 11) is 0. The second-order valence-electron chi connectivity index (χ2n) is 5.99. The predicted octanol–water partition coefficient (Wildman–Crippen LogP) is 2.09. The molecule has 0 aliphatic rings. The summed E-state index contributed by atoms with van der Waals surface area (Å²) < 4.78 is 4.89. The third kappa shape index (κ3) is 6.20. The minimum absolute atomic E-state index is 0.00295. The van der Waals surface area contributed by atoms with Gasteiger partial charge in [-0.3, -0.25) is 35.3 Å². The molecule has 9 heteroatoms. The van der Waals surface area contributed by atoms with Crippen molar-refractivity contribution in [1.82, 2.24) is 10.9 Å². The summed E-state index contributed by atoms with van der Waals surface area (Å²) in [5.41, 5.74) is 4.92. The molecule has 0 saturated heterocycles. The first-order valence-corrected chi connectivity index (χ1v) is 8.41. The summed E-state index contributed by atoms with van der Waals surface area (Å²) in [5, 5.41) is 10.7. The van der Waals surface area contributed by atoms with Crippen LogP contribution in [0.2, 0.25) is 0 Å². The molecule has 0 aliphatic heterocycles. The largest absolute Gasteiger partial charge is 0.455 e. The number of nitro benzene ring substituents is 1. The molecule has 0 fully saturated rings. The highest BCUT2D eigenvalue weighted by Crippen LogP contribution is 2.18. The topological polar surface area (TPSA) is 128 Å². The van der Waals surface area contributed by atoms with Crippen molar-refractivity contribution in [3.63, 3.8) is 0 Å². The van der Waals surface area contributed by atoms with E-state index in [1.54, 1.807) is 0 Å². The van der Waals surface area contributed by atoms with E-state index in [2.05, 4.69) is 10.9 Å². The molecule has 2 aromatic rings. The van der Waals surface area contributed by atoms with Gasteiger partial charge in [0.2, 0.25) is 0 Å². The normalized spacial score (nSPS) is 11.2. The molecule has 2 aromatic carbocycles. The Morgan fingerprint density at radius 3 is 2.46 bits per heavy atom. The molecule has 146 valence electrons. The van der Waals surface area contributed by atoms with Crippen LogP contribution in [0.1, 0.15) is 35.2 Å². The molecular formula is C19H19N3O6. The van der Waals surface area contributed by atoms with Crippen LogP contribution in [0.4, 0.5) is 5.69 Å². The molecule has 0 saturated carbocycles. The van der Waals surface area contributed by atoms with E-state index >= 15 is 0 Å². The highest BCUT2D eigenvalue weighted by molar-refractivity contribution is 5.96. The SMILES string of the molecule is CC(CC(=O)OCC(=O)NNC(=O)c1cccc([N+](=O)[O-])c1)c1ccccc1. The van der Waals surface area contributed by atoms with E-state index in [4.69, 9.17) is 4.74 Å². The Labute approximate surface area is 160 Å². The maximum absolute atomic E-state index is 11.9. The molecule has 2 amide bonds. The van der Waals surface area contributed by atoms with Gasteiger partial charge in [0.1, 0.15) is 0 Å². The fourth-order valence-electron chi connectivity index (χ4n) is 2.35. The number of hydrogen-bond donors (Lipinski definition) is 2. The van der Waals surface area contributed by atoms with Gasteiger partial charge in [-0.1, -0.05) is 43.3 Å². The number of carbonyl (C=O) groups excluding carboxylic acids is 3. The van der Waals surface area contributed by atoms with Gasteiger partial charge in [-0.25, -0.2) is 0 Å². The quantitative estimate of drug-likeness (QED) is 0.427. The Kier molecular flexibility index (Phi) is 7.21. The second-order valence-corrected chi connectivity index (χ2v) is 5.99. The van der Waals surface area contributed by atoms with E-state index < -0.39 is 29.3 Å². The van der Waals surface area contributed by atoms with Crippen LogP contribution in [0.15, 0.2) is 54.6 Å². The van der Waals surface area contributed by atoms with Gasteiger partial charge in [0.05, 0.1) is 11.3 Å². The summed E-state index contributed by atoms with van der Waals surface area (Å²) in [6, 6.07) is 14.4. The number of nitrogens with one attached hydrogen (secondary N) is 2. The molecule has 9 nitrogen and oxygen atoms in total. The van der Waals surface area contributed by atoms with Crippen molar-refractivity contribution in [1.29, 1.82) is 0 Å². The van der Waals surface area contributed by atoms with Crippen LogP contribution in [-0.4, -0.2) is 29.3 Å². The molecule has 0 aromatic heterocycles. The van der Waals surface area contributed by atoms with Crippen molar-refractivity contribution in [2.75, 3.05) is 6.61 Å². The Morgan fingerprint density at radius 1 is 1.07 bits per heavy atom. The molecule has 1 unspecified atom stereocenters. The average molecular weight is 385 g/mol. The third-order valence-electron chi connectivity index (χ3n) is 3.84. The standard InChI is InChI=1S/C19H19N3O6/c1-13(14-6-3-2-4-7-14)10-18(24)28-12-17(23)20-21-19(25)15-8-5-9-16(11-15)22(26)27/h2-9,11,13H,10,12H2,1H3,(H,20,23)(H,21,25). The molecular weight excluding hydrogens is 366 g/mol. The van der Waals surface area contributed by atoms with Gasteiger partial charge in [0.15, 0.2) is 6.61 Å². The van der Waals surface area contributed by atoms with Crippen molar-refractivity contribution in [3.05, 3.63) is 75.8 Å². The zero-order valence-corrected chi connectivity index (χ0v) is 15.1. The van der Waals surface area contributed by atoms with E-state index in [1.165, 1.54) is 18.2 Å². The van der Waals surface area contributed by atoms with Gasteiger partial charge in [0, 0.05) is 17.7 Å². The van der Waals surface area contributed by atoms with Gasteiger partial charge >= 0.3 is 5.97 Å². The Morgan fingerprint density at radius 2 is 1.79 bits per heavy atom. The first kappa shape index (κ1) is 20.6. The first-order chi connectivity index (χ1) is 13.4. The number of nitrogens with zero attached hydrogens (tertiary/aromatic N) is 1. The van der Waals surface area contributed by atoms with Crippen LogP contribution >= 0.6 is 0 Å². The van der Waals surface area contributed by atoms with Crippen molar-refractivity contribution >= 4 is 23.5 Å². The van der Waals surface area contributed by atoms with Crippen molar-refractivity contribution in [2.45, 2.75) is 19.3 Å². The Bertz CT molecular complexity index is 869. The summed E-state index contributed by atoms with van der Waals surface area (Å²) in [6.45, 7) is 1.31.